The van der Waals surface area contributed by atoms with Crippen LogP contribution in [0.25, 0.3) is 0 Å². The van der Waals surface area contributed by atoms with Gasteiger partial charge in [0.25, 0.3) is 11.6 Å². The Balaban J connectivity index is 2.86. The van der Waals surface area contributed by atoms with E-state index in [1.165, 1.54) is 24.3 Å². The molecule has 0 unspecified atom stereocenters. The molecule has 0 aromatic heterocycles. The van der Waals surface area contributed by atoms with E-state index in [9.17, 15) is 19.7 Å². The number of nitro groups is 1. The quantitative estimate of drug-likeness (QED) is 0.504. The van der Waals surface area contributed by atoms with Crippen LogP contribution in [0.1, 0.15) is 0 Å². The van der Waals surface area contributed by atoms with Crippen molar-refractivity contribution in [3.63, 3.8) is 0 Å². The first-order valence-corrected chi connectivity index (χ1v) is 5.43. The van der Waals surface area contributed by atoms with Crippen LogP contribution in [0.5, 0.6) is 0 Å². The Morgan fingerprint density at radius 3 is 2.11 bits per heavy atom. The van der Waals surface area contributed by atoms with E-state index in [1.54, 1.807) is 0 Å². The number of non-ortho nitro benzene ring substituents is 1. The molecule has 7 nitrogen and oxygen atoms in total. The summed E-state index contributed by atoms with van der Waals surface area (Å²) in [6, 6.07) is 4.89. The van der Waals surface area contributed by atoms with Crippen molar-refractivity contribution in [2.45, 2.75) is 0 Å². The molecule has 100 valence electrons. The average molecular weight is 305 g/mol. The van der Waals surface area contributed by atoms with Crippen LogP contribution >= 0.6 is 23.2 Å². The Morgan fingerprint density at radius 2 is 1.68 bits per heavy atom. The van der Waals surface area contributed by atoms with Crippen LogP contribution in [0.3, 0.4) is 0 Å². The van der Waals surface area contributed by atoms with E-state index in [1.807, 2.05) is 0 Å². The molecular formula is C10H6Cl2N2O5. The molecule has 0 radical (unpaired) electrons. The van der Waals surface area contributed by atoms with Crippen molar-refractivity contribution in [3.05, 3.63) is 44.4 Å². The van der Waals surface area contributed by atoms with Gasteiger partial charge in [0.1, 0.15) is 10.1 Å². The summed E-state index contributed by atoms with van der Waals surface area (Å²) in [5, 5.41) is 19.7. The van der Waals surface area contributed by atoms with E-state index in [0.29, 0.717) is 0 Å². The third kappa shape index (κ3) is 3.94. The number of aliphatic carboxylic acids is 1. The summed E-state index contributed by atoms with van der Waals surface area (Å²) in [4.78, 5) is 31.8. The number of carbonyl (C=O) groups is 2. The summed E-state index contributed by atoms with van der Waals surface area (Å²) in [6.07, 6.45) is 0. The van der Waals surface area contributed by atoms with Gasteiger partial charge in [-0.15, -0.1) is 0 Å². The highest BCUT2D eigenvalue weighted by Gasteiger charge is 2.17. The zero-order valence-electron chi connectivity index (χ0n) is 9.09. The number of amides is 1. The highest BCUT2D eigenvalue weighted by molar-refractivity contribution is 6.54. The van der Waals surface area contributed by atoms with Gasteiger partial charge in [0, 0.05) is 17.8 Å². The highest BCUT2D eigenvalue weighted by Crippen LogP contribution is 2.19. The van der Waals surface area contributed by atoms with Gasteiger partial charge in [0.2, 0.25) is 0 Å². The maximum atomic E-state index is 11.5. The van der Waals surface area contributed by atoms with Crippen LogP contribution in [-0.4, -0.2) is 21.9 Å². The number of hydrogen-bond donors (Lipinski definition) is 2. The fourth-order valence-electron chi connectivity index (χ4n) is 1.05. The van der Waals surface area contributed by atoms with Crippen LogP contribution in [0, 0.1) is 10.1 Å². The number of carbonyl (C=O) groups excluding carboxylic acids is 1. The molecule has 19 heavy (non-hydrogen) atoms. The molecule has 0 aliphatic heterocycles. The average Bonchev–Trinajstić information content (AvgIpc) is 2.37. The lowest BCUT2D eigenvalue weighted by Gasteiger charge is -2.04. The number of hydrogen-bond acceptors (Lipinski definition) is 4. The fourth-order valence-corrected chi connectivity index (χ4v) is 1.26. The molecule has 0 saturated carbocycles. The van der Waals surface area contributed by atoms with Gasteiger partial charge in [-0.1, -0.05) is 23.2 Å². The lowest BCUT2D eigenvalue weighted by molar-refractivity contribution is -0.384. The standard InChI is InChI=1S/C10H6Cl2N2O5/c11-7(8(12)10(16)17)9(15)13-5-1-3-6(4-2-5)14(18)19/h1-4H,(H,13,15)(H,16,17)/b8-7+. The summed E-state index contributed by atoms with van der Waals surface area (Å²) in [5.41, 5.74) is 0.0619. The van der Waals surface area contributed by atoms with E-state index >= 15 is 0 Å². The van der Waals surface area contributed by atoms with Gasteiger partial charge in [-0.2, -0.15) is 0 Å². The molecule has 1 aromatic carbocycles. The molecule has 0 heterocycles. The Bertz CT molecular complexity index is 568. The van der Waals surface area contributed by atoms with Gasteiger partial charge in [-0.05, 0) is 12.1 Å². The molecule has 1 amide bonds. The smallest absolute Gasteiger partial charge is 0.349 e. The zero-order valence-corrected chi connectivity index (χ0v) is 10.6. The number of halogens is 2. The summed E-state index contributed by atoms with van der Waals surface area (Å²) in [7, 11) is 0. The zero-order chi connectivity index (χ0) is 14.6. The van der Waals surface area contributed by atoms with Crippen LogP contribution in [0.2, 0.25) is 0 Å². The second-order valence-electron chi connectivity index (χ2n) is 3.19. The number of benzene rings is 1. The number of nitrogens with zero attached hydrogens (tertiary/aromatic N) is 1. The number of nitrogens with one attached hydrogen (secondary N) is 1. The molecule has 1 rings (SSSR count). The second kappa shape index (κ2) is 6.17. The van der Waals surface area contributed by atoms with Gasteiger partial charge in [0.05, 0.1) is 4.92 Å². The highest BCUT2D eigenvalue weighted by atomic mass is 35.5. The largest absolute Gasteiger partial charge is 0.477 e. The predicted octanol–water partition coefficient (Wildman–Crippen LogP) is 2.31. The minimum atomic E-state index is -1.54. The van der Waals surface area contributed by atoms with Gasteiger partial charge < -0.3 is 10.4 Å². The lowest BCUT2D eigenvalue weighted by atomic mass is 10.3. The van der Waals surface area contributed by atoms with Crippen molar-refractivity contribution in [2.24, 2.45) is 0 Å². The Hall–Kier alpha value is -2.12. The number of rotatable bonds is 4. The van der Waals surface area contributed by atoms with Crippen LogP contribution in [0.15, 0.2) is 34.3 Å². The second-order valence-corrected chi connectivity index (χ2v) is 3.95. The fraction of sp³-hybridized carbons (Fsp3) is 0. The first kappa shape index (κ1) is 14.9. The predicted molar refractivity (Wildman–Crippen MR) is 68.1 cm³/mol. The molecule has 0 aliphatic carbocycles. The SMILES string of the molecule is O=C(O)/C(Cl)=C(\Cl)C(=O)Nc1ccc([N+](=O)[O-])cc1. The summed E-state index contributed by atoms with van der Waals surface area (Å²) in [6.45, 7) is 0. The molecule has 0 bridgehead atoms. The first-order chi connectivity index (χ1) is 8.82. The molecule has 0 spiro atoms. The molecule has 0 atom stereocenters. The monoisotopic (exact) mass is 304 g/mol. The molecular weight excluding hydrogens is 299 g/mol. The van der Waals surface area contributed by atoms with Crippen LogP contribution in [-0.2, 0) is 9.59 Å². The molecule has 0 saturated heterocycles. The Morgan fingerprint density at radius 1 is 1.16 bits per heavy atom. The third-order valence-corrected chi connectivity index (χ3v) is 2.72. The summed E-state index contributed by atoms with van der Waals surface area (Å²) >= 11 is 10.7. The normalized spacial score (nSPS) is 11.5. The van der Waals surface area contributed by atoms with Crippen LogP contribution < -0.4 is 5.32 Å². The number of anilines is 1. The number of carboxylic acids is 1. The molecule has 0 aliphatic rings. The van der Waals surface area contributed by atoms with Gasteiger partial charge >= 0.3 is 5.97 Å². The maximum absolute atomic E-state index is 11.5. The molecule has 0 fully saturated rings. The van der Waals surface area contributed by atoms with Crippen molar-refractivity contribution < 1.29 is 19.6 Å². The van der Waals surface area contributed by atoms with Gasteiger partial charge in [-0.25, -0.2) is 4.79 Å². The number of carboxylic acid groups (broad SMARTS) is 1. The summed E-state index contributed by atoms with van der Waals surface area (Å²) in [5.74, 6) is -2.46. The van der Waals surface area contributed by atoms with E-state index in [-0.39, 0.29) is 11.4 Å². The van der Waals surface area contributed by atoms with Crippen molar-refractivity contribution in [2.75, 3.05) is 5.32 Å². The van der Waals surface area contributed by atoms with Crippen LogP contribution in [0.4, 0.5) is 11.4 Å². The van der Waals surface area contributed by atoms with Crippen molar-refractivity contribution in [3.8, 4) is 0 Å². The van der Waals surface area contributed by atoms with E-state index in [0.717, 1.165) is 0 Å². The van der Waals surface area contributed by atoms with Gasteiger partial charge in [0.15, 0.2) is 0 Å². The minimum Gasteiger partial charge on any atom is -0.477 e. The van der Waals surface area contributed by atoms with Gasteiger partial charge in [-0.3, -0.25) is 14.9 Å². The van der Waals surface area contributed by atoms with E-state index in [2.05, 4.69) is 5.32 Å². The Labute approximate surface area is 116 Å². The maximum Gasteiger partial charge on any atom is 0.349 e. The molecule has 1 aromatic rings. The first-order valence-electron chi connectivity index (χ1n) is 4.67. The van der Waals surface area contributed by atoms with E-state index < -0.39 is 26.9 Å². The van der Waals surface area contributed by atoms with Crippen molar-refractivity contribution >= 4 is 46.5 Å². The minimum absolute atomic E-state index is 0.150. The van der Waals surface area contributed by atoms with Crippen molar-refractivity contribution in [1.82, 2.24) is 0 Å². The lowest BCUT2D eigenvalue weighted by Crippen LogP contribution is -2.14. The number of nitro benzene ring substituents is 1. The summed E-state index contributed by atoms with van der Waals surface area (Å²) < 4.78 is 0. The molecule has 2 N–H and O–H groups in total. The van der Waals surface area contributed by atoms with Crippen molar-refractivity contribution in [1.29, 1.82) is 0 Å². The van der Waals surface area contributed by atoms with E-state index in [4.69, 9.17) is 28.3 Å². The topological polar surface area (TPSA) is 110 Å². The Kier molecular flexibility index (Phi) is 4.85. The third-order valence-electron chi connectivity index (χ3n) is 1.92. The molecule has 9 heteroatoms.